The first-order chi connectivity index (χ1) is 10.7. The van der Waals surface area contributed by atoms with Crippen molar-refractivity contribution in [2.24, 2.45) is 0 Å². The number of nitrogens with zero attached hydrogens (tertiary/aromatic N) is 1. The second-order valence-corrected chi connectivity index (χ2v) is 6.55. The Kier molecular flexibility index (Phi) is 4.89. The summed E-state index contributed by atoms with van der Waals surface area (Å²) < 4.78 is 11.8. The highest BCUT2D eigenvalue weighted by molar-refractivity contribution is 5.60. The lowest BCUT2D eigenvalue weighted by atomic mass is 10.1. The van der Waals surface area contributed by atoms with Crippen LogP contribution in [-0.4, -0.2) is 37.9 Å². The zero-order valence-corrected chi connectivity index (χ0v) is 14.0. The Labute approximate surface area is 133 Å². The molecule has 3 rings (SSSR count). The zero-order valence-electron chi connectivity index (χ0n) is 14.0. The lowest BCUT2D eigenvalue weighted by molar-refractivity contribution is -0.00534. The summed E-state index contributed by atoms with van der Waals surface area (Å²) in [7, 11) is 0. The van der Waals surface area contributed by atoms with E-state index in [1.807, 2.05) is 6.92 Å². The van der Waals surface area contributed by atoms with Crippen molar-refractivity contribution in [1.29, 1.82) is 0 Å². The molecule has 0 amide bonds. The largest absolute Gasteiger partial charge is 0.492 e. The van der Waals surface area contributed by atoms with Gasteiger partial charge in [0.2, 0.25) is 0 Å². The van der Waals surface area contributed by atoms with E-state index in [9.17, 15) is 0 Å². The van der Waals surface area contributed by atoms with Gasteiger partial charge < -0.3 is 19.7 Å². The minimum Gasteiger partial charge on any atom is -0.492 e. The summed E-state index contributed by atoms with van der Waals surface area (Å²) in [4.78, 5) is 2.39. The molecular weight excluding hydrogens is 276 g/mol. The van der Waals surface area contributed by atoms with E-state index in [2.05, 4.69) is 42.3 Å². The number of morpholine rings is 1. The number of rotatable bonds is 6. The number of anilines is 1. The monoisotopic (exact) mass is 304 g/mol. The van der Waals surface area contributed by atoms with Crippen molar-refractivity contribution in [2.45, 2.75) is 58.4 Å². The maximum Gasteiger partial charge on any atom is 0.142 e. The molecule has 1 heterocycles. The highest BCUT2D eigenvalue weighted by Gasteiger charge is 2.25. The van der Waals surface area contributed by atoms with E-state index in [-0.39, 0.29) is 12.2 Å². The molecule has 1 aromatic rings. The van der Waals surface area contributed by atoms with E-state index < -0.39 is 0 Å². The normalized spacial score (nSPS) is 25.3. The third kappa shape index (κ3) is 3.93. The summed E-state index contributed by atoms with van der Waals surface area (Å²) in [6, 6.07) is 7.35. The Morgan fingerprint density at radius 1 is 1.23 bits per heavy atom. The molecule has 22 heavy (non-hydrogen) atoms. The van der Waals surface area contributed by atoms with Gasteiger partial charge in [-0.2, -0.15) is 0 Å². The fourth-order valence-corrected chi connectivity index (χ4v) is 3.13. The Morgan fingerprint density at radius 2 is 1.95 bits per heavy atom. The van der Waals surface area contributed by atoms with Gasteiger partial charge in [0.25, 0.3) is 0 Å². The molecule has 2 fully saturated rings. The van der Waals surface area contributed by atoms with Gasteiger partial charge in [0, 0.05) is 25.7 Å². The smallest absolute Gasteiger partial charge is 0.142 e. The molecule has 2 aliphatic rings. The van der Waals surface area contributed by atoms with Gasteiger partial charge in [-0.05, 0) is 51.3 Å². The van der Waals surface area contributed by atoms with Gasteiger partial charge in [0.1, 0.15) is 5.75 Å². The van der Waals surface area contributed by atoms with Crippen molar-refractivity contribution in [2.75, 3.05) is 24.6 Å². The maximum absolute atomic E-state index is 5.91. The first-order valence-electron chi connectivity index (χ1n) is 8.55. The maximum atomic E-state index is 5.91. The SMILES string of the molecule is CCOc1cc(CNC2CC2)ccc1N1CC(C)OC(C)C1. The molecule has 1 aromatic carbocycles. The molecule has 2 atom stereocenters. The van der Waals surface area contributed by atoms with Crippen LogP contribution in [-0.2, 0) is 11.3 Å². The van der Waals surface area contributed by atoms with Crippen LogP contribution < -0.4 is 15.0 Å². The molecule has 1 saturated heterocycles. The number of benzene rings is 1. The molecule has 122 valence electrons. The first-order valence-corrected chi connectivity index (χ1v) is 8.55. The quantitative estimate of drug-likeness (QED) is 0.876. The fourth-order valence-electron chi connectivity index (χ4n) is 3.13. The van der Waals surface area contributed by atoms with Crippen molar-refractivity contribution in [3.8, 4) is 5.75 Å². The van der Waals surface area contributed by atoms with Crippen LogP contribution in [0, 0.1) is 0 Å². The van der Waals surface area contributed by atoms with Crippen molar-refractivity contribution >= 4 is 5.69 Å². The molecule has 4 nitrogen and oxygen atoms in total. The van der Waals surface area contributed by atoms with Gasteiger partial charge in [-0.3, -0.25) is 0 Å². The third-order valence-electron chi connectivity index (χ3n) is 4.26. The van der Waals surface area contributed by atoms with Crippen LogP contribution in [0.25, 0.3) is 0 Å². The molecule has 4 heteroatoms. The molecule has 1 aliphatic heterocycles. The zero-order chi connectivity index (χ0) is 15.5. The summed E-state index contributed by atoms with van der Waals surface area (Å²) in [6.45, 7) is 9.79. The standard InChI is InChI=1S/C18H28N2O2/c1-4-21-18-9-15(10-19-16-6-7-16)5-8-17(18)20-11-13(2)22-14(3)12-20/h5,8-9,13-14,16,19H,4,6-7,10-12H2,1-3H3. The Bertz CT molecular complexity index is 492. The van der Waals surface area contributed by atoms with Gasteiger partial charge in [-0.25, -0.2) is 0 Å². The second kappa shape index (κ2) is 6.88. The van der Waals surface area contributed by atoms with Crippen LogP contribution in [0.5, 0.6) is 5.75 Å². The van der Waals surface area contributed by atoms with Crippen LogP contribution >= 0.6 is 0 Å². The van der Waals surface area contributed by atoms with Gasteiger partial charge >= 0.3 is 0 Å². The number of hydrogen-bond acceptors (Lipinski definition) is 4. The Morgan fingerprint density at radius 3 is 2.59 bits per heavy atom. The summed E-state index contributed by atoms with van der Waals surface area (Å²) >= 11 is 0. The molecule has 0 bridgehead atoms. The van der Waals surface area contributed by atoms with Crippen molar-refractivity contribution in [3.05, 3.63) is 23.8 Å². The van der Waals surface area contributed by atoms with Gasteiger partial charge in [0.05, 0.1) is 24.5 Å². The van der Waals surface area contributed by atoms with E-state index in [0.29, 0.717) is 6.61 Å². The van der Waals surface area contributed by atoms with Crippen LogP contribution in [0.4, 0.5) is 5.69 Å². The molecule has 1 aliphatic carbocycles. The summed E-state index contributed by atoms with van der Waals surface area (Å²) in [6.07, 6.45) is 3.16. The van der Waals surface area contributed by atoms with Gasteiger partial charge in [-0.15, -0.1) is 0 Å². The Hall–Kier alpha value is -1.26. The minimum absolute atomic E-state index is 0.259. The summed E-state index contributed by atoms with van der Waals surface area (Å²) in [5, 5.41) is 3.57. The number of ether oxygens (including phenoxy) is 2. The topological polar surface area (TPSA) is 33.7 Å². The predicted molar refractivity (Wildman–Crippen MR) is 89.7 cm³/mol. The van der Waals surface area contributed by atoms with E-state index in [1.165, 1.54) is 24.1 Å². The summed E-state index contributed by atoms with van der Waals surface area (Å²) in [5.41, 5.74) is 2.49. The number of nitrogens with one attached hydrogen (secondary N) is 1. The van der Waals surface area contributed by atoms with E-state index in [1.54, 1.807) is 0 Å². The molecule has 0 aromatic heterocycles. The fraction of sp³-hybridized carbons (Fsp3) is 0.667. The minimum atomic E-state index is 0.259. The van der Waals surface area contributed by atoms with Crippen LogP contribution in [0.15, 0.2) is 18.2 Å². The van der Waals surface area contributed by atoms with E-state index >= 15 is 0 Å². The molecular formula is C18H28N2O2. The molecule has 2 unspecified atom stereocenters. The van der Waals surface area contributed by atoms with E-state index in [4.69, 9.17) is 9.47 Å². The van der Waals surface area contributed by atoms with Gasteiger partial charge in [-0.1, -0.05) is 6.07 Å². The molecule has 1 N–H and O–H groups in total. The average molecular weight is 304 g/mol. The van der Waals surface area contributed by atoms with Gasteiger partial charge in [0.15, 0.2) is 0 Å². The van der Waals surface area contributed by atoms with Crippen molar-refractivity contribution in [1.82, 2.24) is 5.32 Å². The predicted octanol–water partition coefficient (Wildman–Crippen LogP) is 2.95. The third-order valence-corrected chi connectivity index (χ3v) is 4.26. The van der Waals surface area contributed by atoms with Crippen LogP contribution in [0.2, 0.25) is 0 Å². The Balaban J connectivity index is 1.76. The molecule has 0 radical (unpaired) electrons. The molecule has 1 saturated carbocycles. The highest BCUT2D eigenvalue weighted by Crippen LogP contribution is 2.32. The van der Waals surface area contributed by atoms with Crippen LogP contribution in [0.1, 0.15) is 39.2 Å². The van der Waals surface area contributed by atoms with Crippen molar-refractivity contribution < 1.29 is 9.47 Å². The average Bonchev–Trinajstić information content (AvgIpc) is 3.29. The van der Waals surface area contributed by atoms with E-state index in [0.717, 1.165) is 31.4 Å². The van der Waals surface area contributed by atoms with Crippen molar-refractivity contribution in [3.63, 3.8) is 0 Å². The lowest BCUT2D eigenvalue weighted by Crippen LogP contribution is -2.45. The first kappa shape index (κ1) is 15.6. The summed E-state index contributed by atoms with van der Waals surface area (Å²) in [5.74, 6) is 0.999. The lowest BCUT2D eigenvalue weighted by Gasteiger charge is -2.37. The van der Waals surface area contributed by atoms with Crippen LogP contribution in [0.3, 0.4) is 0 Å². The molecule has 0 spiro atoms. The number of hydrogen-bond donors (Lipinski definition) is 1. The highest BCUT2D eigenvalue weighted by atomic mass is 16.5. The second-order valence-electron chi connectivity index (χ2n) is 6.55.